The van der Waals surface area contributed by atoms with Gasteiger partial charge in [-0.05, 0) is 41.3 Å². The van der Waals surface area contributed by atoms with Gasteiger partial charge in [0.1, 0.15) is 11.5 Å². The van der Waals surface area contributed by atoms with E-state index in [-0.39, 0.29) is 0 Å². The lowest BCUT2D eigenvalue weighted by atomic mass is 10.1. The number of hydrogen-bond acceptors (Lipinski definition) is 2. The predicted molar refractivity (Wildman–Crippen MR) is 83.4 cm³/mol. The van der Waals surface area contributed by atoms with Crippen molar-refractivity contribution in [2.45, 2.75) is 20.3 Å². The number of methoxy groups -OCH3 is 1. The Kier molecular flexibility index (Phi) is 5.05. The molecule has 2 rings (SSSR count). The molecule has 0 aliphatic rings. The molecule has 2 heteroatoms. The van der Waals surface area contributed by atoms with E-state index in [0.29, 0.717) is 5.92 Å². The van der Waals surface area contributed by atoms with Gasteiger partial charge in [0.2, 0.25) is 0 Å². The van der Waals surface area contributed by atoms with Crippen molar-refractivity contribution in [3.63, 3.8) is 0 Å². The third-order valence-electron chi connectivity index (χ3n) is 3.51. The fourth-order valence-corrected chi connectivity index (χ4v) is 1.88. The number of benzene rings is 2. The van der Waals surface area contributed by atoms with Crippen LogP contribution in [0, 0.1) is 5.92 Å². The van der Waals surface area contributed by atoms with E-state index in [1.165, 1.54) is 11.1 Å². The first-order valence-electron chi connectivity index (χ1n) is 7.10. The molecular formula is C18H22O2. The highest BCUT2D eigenvalue weighted by Gasteiger charge is 2.02. The molecule has 20 heavy (non-hydrogen) atoms. The van der Waals surface area contributed by atoms with Crippen molar-refractivity contribution < 1.29 is 9.47 Å². The molecule has 0 aliphatic heterocycles. The molecule has 2 aromatic carbocycles. The van der Waals surface area contributed by atoms with Crippen molar-refractivity contribution in [2.75, 3.05) is 13.7 Å². The van der Waals surface area contributed by atoms with Gasteiger partial charge in [0.15, 0.2) is 0 Å². The maximum absolute atomic E-state index is 5.77. The van der Waals surface area contributed by atoms with Gasteiger partial charge in [0.05, 0.1) is 13.7 Å². The molecule has 106 valence electrons. The predicted octanol–water partition coefficient (Wildman–Crippen LogP) is 4.79. The number of rotatable bonds is 6. The molecule has 0 saturated carbocycles. The van der Waals surface area contributed by atoms with Gasteiger partial charge < -0.3 is 9.47 Å². The van der Waals surface area contributed by atoms with Crippen molar-refractivity contribution in [2.24, 2.45) is 5.92 Å². The lowest BCUT2D eigenvalue weighted by Gasteiger charge is -2.11. The summed E-state index contributed by atoms with van der Waals surface area (Å²) in [4.78, 5) is 0. The lowest BCUT2D eigenvalue weighted by molar-refractivity contribution is 0.256. The zero-order valence-electron chi connectivity index (χ0n) is 12.4. The van der Waals surface area contributed by atoms with Crippen molar-refractivity contribution in [3.05, 3.63) is 48.5 Å². The zero-order valence-corrected chi connectivity index (χ0v) is 12.4. The molecule has 0 spiro atoms. The van der Waals surface area contributed by atoms with E-state index in [4.69, 9.17) is 9.47 Å². The van der Waals surface area contributed by atoms with Gasteiger partial charge in [-0.2, -0.15) is 0 Å². The van der Waals surface area contributed by atoms with Crippen LogP contribution in [0.4, 0.5) is 0 Å². The van der Waals surface area contributed by atoms with E-state index in [0.717, 1.165) is 24.5 Å². The first-order chi connectivity index (χ1) is 9.72. The molecular weight excluding hydrogens is 248 g/mol. The maximum Gasteiger partial charge on any atom is 0.119 e. The largest absolute Gasteiger partial charge is 0.497 e. The summed E-state index contributed by atoms with van der Waals surface area (Å²) >= 11 is 0. The quantitative estimate of drug-likeness (QED) is 0.751. The van der Waals surface area contributed by atoms with Gasteiger partial charge >= 0.3 is 0 Å². The van der Waals surface area contributed by atoms with Crippen molar-refractivity contribution in [1.29, 1.82) is 0 Å². The molecule has 0 fully saturated rings. The average Bonchev–Trinajstić information content (AvgIpc) is 2.53. The summed E-state index contributed by atoms with van der Waals surface area (Å²) in [5.74, 6) is 2.40. The fourth-order valence-electron chi connectivity index (χ4n) is 1.88. The normalized spacial score (nSPS) is 11.9. The molecule has 2 nitrogen and oxygen atoms in total. The topological polar surface area (TPSA) is 18.5 Å². The Balaban J connectivity index is 2.03. The third kappa shape index (κ3) is 3.77. The SMILES string of the molecule is CCC(C)COc1ccc(-c2ccc(OC)cc2)cc1. The fraction of sp³-hybridized carbons (Fsp3) is 0.333. The number of ether oxygens (including phenoxy) is 2. The molecule has 0 N–H and O–H groups in total. The number of hydrogen-bond donors (Lipinski definition) is 0. The van der Waals surface area contributed by atoms with Gasteiger partial charge in [-0.25, -0.2) is 0 Å². The lowest BCUT2D eigenvalue weighted by Crippen LogP contribution is -2.06. The van der Waals surface area contributed by atoms with Crippen molar-refractivity contribution >= 4 is 0 Å². The monoisotopic (exact) mass is 270 g/mol. The van der Waals surface area contributed by atoms with E-state index in [1.807, 2.05) is 24.3 Å². The highest BCUT2D eigenvalue weighted by molar-refractivity contribution is 5.64. The Hall–Kier alpha value is -1.96. The van der Waals surface area contributed by atoms with Crippen LogP contribution in [0.2, 0.25) is 0 Å². The second kappa shape index (κ2) is 6.99. The Morgan fingerprint density at radius 2 is 1.35 bits per heavy atom. The summed E-state index contributed by atoms with van der Waals surface area (Å²) in [6.07, 6.45) is 1.14. The van der Waals surface area contributed by atoms with Crippen LogP contribution in [0.3, 0.4) is 0 Å². The molecule has 0 amide bonds. The first-order valence-corrected chi connectivity index (χ1v) is 7.10. The van der Waals surface area contributed by atoms with Gasteiger partial charge in [0, 0.05) is 0 Å². The van der Waals surface area contributed by atoms with Gasteiger partial charge in [-0.3, -0.25) is 0 Å². The average molecular weight is 270 g/mol. The summed E-state index contributed by atoms with van der Waals surface area (Å²) in [5.41, 5.74) is 2.36. The van der Waals surface area contributed by atoms with Crippen LogP contribution in [0.5, 0.6) is 11.5 Å². The van der Waals surface area contributed by atoms with Gasteiger partial charge in [0.25, 0.3) is 0 Å². The minimum atomic E-state index is 0.594. The van der Waals surface area contributed by atoms with Crippen LogP contribution in [0.25, 0.3) is 11.1 Å². The standard InChI is InChI=1S/C18H22O2/c1-4-14(2)13-20-18-11-7-16(8-12-18)15-5-9-17(19-3)10-6-15/h5-12,14H,4,13H2,1-3H3. The molecule has 0 heterocycles. The Morgan fingerprint density at radius 3 is 1.80 bits per heavy atom. The van der Waals surface area contributed by atoms with E-state index < -0.39 is 0 Å². The maximum atomic E-state index is 5.77. The van der Waals surface area contributed by atoms with E-state index in [9.17, 15) is 0 Å². The Bertz CT molecular complexity index is 514. The second-order valence-corrected chi connectivity index (χ2v) is 5.08. The minimum Gasteiger partial charge on any atom is -0.497 e. The van der Waals surface area contributed by atoms with Crippen LogP contribution in [-0.4, -0.2) is 13.7 Å². The summed E-state index contributed by atoms with van der Waals surface area (Å²) < 4.78 is 10.9. The smallest absolute Gasteiger partial charge is 0.119 e. The van der Waals surface area contributed by atoms with E-state index in [1.54, 1.807) is 7.11 Å². The second-order valence-electron chi connectivity index (χ2n) is 5.08. The molecule has 0 bridgehead atoms. The molecule has 0 aromatic heterocycles. The van der Waals surface area contributed by atoms with Crippen LogP contribution in [0.1, 0.15) is 20.3 Å². The van der Waals surface area contributed by atoms with Gasteiger partial charge in [-0.15, -0.1) is 0 Å². The van der Waals surface area contributed by atoms with Crippen LogP contribution < -0.4 is 9.47 Å². The van der Waals surface area contributed by atoms with Crippen LogP contribution in [-0.2, 0) is 0 Å². The van der Waals surface area contributed by atoms with E-state index in [2.05, 4.69) is 38.1 Å². The van der Waals surface area contributed by atoms with E-state index >= 15 is 0 Å². The van der Waals surface area contributed by atoms with Crippen LogP contribution in [0.15, 0.2) is 48.5 Å². The first kappa shape index (κ1) is 14.4. The molecule has 0 saturated heterocycles. The van der Waals surface area contributed by atoms with Crippen molar-refractivity contribution in [3.8, 4) is 22.6 Å². The molecule has 0 aliphatic carbocycles. The van der Waals surface area contributed by atoms with Crippen molar-refractivity contribution in [1.82, 2.24) is 0 Å². The summed E-state index contributed by atoms with van der Waals surface area (Å²) in [6.45, 7) is 5.16. The molecule has 2 aromatic rings. The Labute approximate surface area is 121 Å². The molecule has 1 atom stereocenters. The summed E-state index contributed by atoms with van der Waals surface area (Å²) in [5, 5.41) is 0. The highest BCUT2D eigenvalue weighted by atomic mass is 16.5. The van der Waals surface area contributed by atoms with Crippen LogP contribution >= 0.6 is 0 Å². The van der Waals surface area contributed by atoms with Gasteiger partial charge in [-0.1, -0.05) is 44.5 Å². The molecule has 0 radical (unpaired) electrons. The summed E-state index contributed by atoms with van der Waals surface area (Å²) in [6, 6.07) is 16.3. The summed E-state index contributed by atoms with van der Waals surface area (Å²) in [7, 11) is 1.68. The highest BCUT2D eigenvalue weighted by Crippen LogP contribution is 2.24. The zero-order chi connectivity index (χ0) is 14.4. The minimum absolute atomic E-state index is 0.594. The third-order valence-corrected chi connectivity index (χ3v) is 3.51. The Morgan fingerprint density at radius 1 is 0.850 bits per heavy atom. The molecule has 1 unspecified atom stereocenters.